The number of aromatic nitrogens is 4. The van der Waals surface area contributed by atoms with Crippen molar-refractivity contribution < 1.29 is 8.95 Å². The molecule has 0 aliphatic heterocycles. The van der Waals surface area contributed by atoms with Crippen molar-refractivity contribution in [2.45, 2.75) is 32.2 Å². The summed E-state index contributed by atoms with van der Waals surface area (Å²) < 4.78 is 17.9. The number of fused-ring (bicyclic) bond motifs is 1. The molecule has 0 saturated heterocycles. The van der Waals surface area contributed by atoms with E-state index in [1.54, 1.807) is 19.4 Å². The standard InChI is InChI=1S/C15H16N4O3S.CH4/c1-8-6-16-11(9(2)13(8)22-3)7-23(21)15-17-10-4-5-12(20)18-14(10)19-15;/h4-6H,7H2,1-3H3,(H2,17,18,19,20);1H4. The maximum absolute atomic E-state index is 12.5. The summed E-state index contributed by atoms with van der Waals surface area (Å²) in [6.07, 6.45) is 1.70. The van der Waals surface area contributed by atoms with Crippen molar-refractivity contribution in [1.82, 2.24) is 19.9 Å². The van der Waals surface area contributed by atoms with Gasteiger partial charge >= 0.3 is 0 Å². The minimum absolute atomic E-state index is 0. The highest BCUT2D eigenvalue weighted by molar-refractivity contribution is 7.84. The Bertz CT molecular complexity index is 962. The summed E-state index contributed by atoms with van der Waals surface area (Å²) in [5.41, 5.74) is 3.28. The molecule has 8 heteroatoms. The maximum atomic E-state index is 12.5. The van der Waals surface area contributed by atoms with Gasteiger partial charge < -0.3 is 14.7 Å². The van der Waals surface area contributed by atoms with Crippen LogP contribution in [0, 0.1) is 13.8 Å². The lowest BCUT2D eigenvalue weighted by atomic mass is 10.1. The molecular formula is C16H20N4O3S. The van der Waals surface area contributed by atoms with Gasteiger partial charge in [0.25, 0.3) is 0 Å². The molecule has 7 nitrogen and oxygen atoms in total. The summed E-state index contributed by atoms with van der Waals surface area (Å²) in [6.45, 7) is 3.80. The van der Waals surface area contributed by atoms with E-state index in [0.717, 1.165) is 16.9 Å². The number of ether oxygens (including phenoxy) is 1. The molecule has 0 aliphatic carbocycles. The second kappa shape index (κ2) is 6.96. The number of H-pyrrole nitrogens is 2. The summed E-state index contributed by atoms with van der Waals surface area (Å²) in [5.74, 6) is 0.966. The molecule has 128 valence electrons. The second-order valence-corrected chi connectivity index (χ2v) is 6.53. The molecule has 1 unspecified atom stereocenters. The number of pyridine rings is 2. The number of imidazole rings is 1. The van der Waals surface area contributed by atoms with E-state index >= 15 is 0 Å². The quantitative estimate of drug-likeness (QED) is 0.753. The molecule has 0 spiro atoms. The Morgan fingerprint density at radius 1 is 1.25 bits per heavy atom. The van der Waals surface area contributed by atoms with Gasteiger partial charge in [-0.1, -0.05) is 7.43 Å². The fourth-order valence-corrected chi connectivity index (χ4v) is 3.51. The van der Waals surface area contributed by atoms with E-state index in [0.29, 0.717) is 22.0 Å². The Balaban J connectivity index is 0.00000208. The largest absolute Gasteiger partial charge is 0.496 e. The van der Waals surface area contributed by atoms with Crippen LogP contribution in [0.3, 0.4) is 0 Å². The second-order valence-electron chi connectivity index (χ2n) is 5.16. The average molecular weight is 348 g/mol. The summed E-state index contributed by atoms with van der Waals surface area (Å²) >= 11 is 0. The third kappa shape index (κ3) is 3.23. The van der Waals surface area contributed by atoms with Crippen molar-refractivity contribution in [3.8, 4) is 5.75 Å². The third-order valence-corrected chi connectivity index (χ3v) is 4.75. The number of methoxy groups -OCH3 is 1. The minimum atomic E-state index is -1.41. The van der Waals surface area contributed by atoms with Crippen molar-refractivity contribution in [2.24, 2.45) is 0 Å². The highest BCUT2D eigenvalue weighted by atomic mass is 32.2. The Morgan fingerprint density at radius 2 is 2.00 bits per heavy atom. The Hall–Kier alpha value is -2.48. The first-order chi connectivity index (χ1) is 11.0. The number of hydrogen-bond donors (Lipinski definition) is 2. The van der Waals surface area contributed by atoms with E-state index in [1.165, 1.54) is 6.07 Å². The SMILES string of the molecule is C.COc1c(C)cnc(CS(=O)c2nc3[nH]c(=O)ccc3[nH]2)c1C. The zero-order chi connectivity index (χ0) is 16.6. The Labute approximate surface area is 142 Å². The van der Waals surface area contributed by atoms with Crippen LogP contribution in [0.1, 0.15) is 24.2 Å². The van der Waals surface area contributed by atoms with E-state index in [2.05, 4.69) is 19.9 Å². The smallest absolute Gasteiger partial charge is 0.249 e. The van der Waals surface area contributed by atoms with Crippen LogP contribution in [-0.4, -0.2) is 31.3 Å². The molecule has 2 N–H and O–H groups in total. The van der Waals surface area contributed by atoms with Gasteiger partial charge in [-0.3, -0.25) is 14.0 Å². The van der Waals surface area contributed by atoms with E-state index in [1.807, 2.05) is 13.8 Å². The lowest BCUT2D eigenvalue weighted by molar-refractivity contribution is 0.407. The molecule has 3 heterocycles. The molecular weight excluding hydrogens is 328 g/mol. The van der Waals surface area contributed by atoms with Gasteiger partial charge in [0.2, 0.25) is 5.56 Å². The first-order valence-corrected chi connectivity index (χ1v) is 8.28. The van der Waals surface area contributed by atoms with Crippen molar-refractivity contribution in [2.75, 3.05) is 7.11 Å². The summed E-state index contributed by atoms with van der Waals surface area (Å²) in [7, 11) is 0.195. The molecule has 1 atom stereocenters. The lowest BCUT2D eigenvalue weighted by Crippen LogP contribution is -2.05. The van der Waals surface area contributed by atoms with E-state index in [9.17, 15) is 9.00 Å². The van der Waals surface area contributed by atoms with Crippen LogP contribution in [-0.2, 0) is 16.6 Å². The zero-order valence-corrected chi connectivity index (χ0v) is 13.8. The van der Waals surface area contributed by atoms with Gasteiger partial charge in [-0.05, 0) is 19.9 Å². The predicted octanol–water partition coefficient (Wildman–Crippen LogP) is 2.22. The van der Waals surface area contributed by atoms with Gasteiger partial charge in [0.15, 0.2) is 10.8 Å². The molecule has 0 aliphatic rings. The minimum Gasteiger partial charge on any atom is -0.496 e. The van der Waals surface area contributed by atoms with E-state index < -0.39 is 10.8 Å². The number of nitrogens with one attached hydrogen (secondary N) is 2. The van der Waals surface area contributed by atoms with Crippen molar-refractivity contribution in [3.05, 3.63) is 45.5 Å². The first-order valence-electron chi connectivity index (χ1n) is 6.96. The molecule has 0 bridgehead atoms. The highest BCUT2D eigenvalue weighted by Gasteiger charge is 2.16. The van der Waals surface area contributed by atoms with Crippen LogP contribution in [0.5, 0.6) is 5.75 Å². The van der Waals surface area contributed by atoms with Crippen LogP contribution in [0.2, 0.25) is 0 Å². The summed E-state index contributed by atoms with van der Waals surface area (Å²) in [5, 5.41) is 0.308. The van der Waals surface area contributed by atoms with Gasteiger partial charge in [-0.2, -0.15) is 0 Å². The first kappa shape index (κ1) is 17.9. The molecule has 24 heavy (non-hydrogen) atoms. The molecule has 0 radical (unpaired) electrons. The van der Waals surface area contributed by atoms with Gasteiger partial charge in [0.05, 0.1) is 34.9 Å². The fraction of sp³-hybridized carbons (Fsp3) is 0.312. The van der Waals surface area contributed by atoms with Crippen molar-refractivity contribution in [3.63, 3.8) is 0 Å². The van der Waals surface area contributed by atoms with Crippen LogP contribution >= 0.6 is 0 Å². The Kier molecular flexibility index (Phi) is 5.18. The number of hydrogen-bond acceptors (Lipinski definition) is 5. The molecule has 0 saturated carbocycles. The molecule has 0 aromatic carbocycles. The molecule has 3 aromatic rings. The highest BCUT2D eigenvalue weighted by Crippen LogP contribution is 2.25. The van der Waals surface area contributed by atoms with Gasteiger partial charge in [-0.25, -0.2) is 4.98 Å². The van der Waals surface area contributed by atoms with Gasteiger partial charge in [-0.15, -0.1) is 0 Å². The van der Waals surface area contributed by atoms with Crippen molar-refractivity contribution in [1.29, 1.82) is 0 Å². The number of nitrogens with zero attached hydrogens (tertiary/aromatic N) is 2. The van der Waals surface area contributed by atoms with Gasteiger partial charge in [0, 0.05) is 23.4 Å². The normalized spacial score (nSPS) is 12.0. The fourth-order valence-electron chi connectivity index (χ4n) is 2.41. The van der Waals surface area contributed by atoms with E-state index in [-0.39, 0.29) is 18.7 Å². The third-order valence-electron chi connectivity index (χ3n) is 3.59. The molecule has 3 rings (SSSR count). The van der Waals surface area contributed by atoms with E-state index in [4.69, 9.17) is 4.74 Å². The molecule has 0 fully saturated rings. The zero-order valence-electron chi connectivity index (χ0n) is 13.0. The molecule has 3 aromatic heterocycles. The molecule has 0 amide bonds. The number of rotatable bonds is 4. The van der Waals surface area contributed by atoms with Crippen molar-refractivity contribution >= 4 is 22.0 Å². The number of aryl methyl sites for hydroxylation is 1. The Morgan fingerprint density at radius 3 is 2.71 bits per heavy atom. The van der Waals surface area contributed by atoms with Gasteiger partial charge in [0.1, 0.15) is 5.75 Å². The average Bonchev–Trinajstić information content (AvgIpc) is 2.93. The topological polar surface area (TPSA) is 101 Å². The predicted molar refractivity (Wildman–Crippen MR) is 93.8 cm³/mol. The summed E-state index contributed by atoms with van der Waals surface area (Å²) in [4.78, 5) is 25.4. The summed E-state index contributed by atoms with van der Waals surface area (Å²) in [6, 6.07) is 3.00. The maximum Gasteiger partial charge on any atom is 0.249 e. The van der Waals surface area contributed by atoms with Crippen LogP contribution in [0.15, 0.2) is 28.3 Å². The van der Waals surface area contributed by atoms with Crippen LogP contribution < -0.4 is 10.3 Å². The lowest BCUT2D eigenvalue weighted by Gasteiger charge is -2.11. The number of aromatic amines is 2. The monoisotopic (exact) mass is 348 g/mol. The van der Waals surface area contributed by atoms with Crippen LogP contribution in [0.4, 0.5) is 0 Å². The van der Waals surface area contributed by atoms with Crippen LogP contribution in [0.25, 0.3) is 11.2 Å².